The molecule has 0 unspecified atom stereocenters. The normalized spacial score (nSPS) is 10.4. The van der Waals surface area contributed by atoms with E-state index in [9.17, 15) is 4.39 Å². The first-order chi connectivity index (χ1) is 7.65. The fourth-order valence-electron chi connectivity index (χ4n) is 1.47. The maximum atomic E-state index is 13.0. The maximum Gasteiger partial charge on any atom is 0.222 e. The molecule has 4 heteroatoms. The monoisotopic (exact) mass is 236 g/mol. The Labute approximate surface area is 98.1 Å². The first-order valence-corrected chi connectivity index (χ1v) is 5.25. The van der Waals surface area contributed by atoms with E-state index in [-0.39, 0.29) is 11.1 Å². The summed E-state index contributed by atoms with van der Waals surface area (Å²) in [7, 11) is 0. The molecule has 0 radical (unpaired) electrons. The number of aryl methyl sites for hydroxylation is 1. The highest BCUT2D eigenvalue weighted by Crippen LogP contribution is 2.13. The Morgan fingerprint density at radius 1 is 1.38 bits per heavy atom. The molecular weight excluding hydrogens is 227 g/mol. The molecule has 1 aromatic heterocycles. The summed E-state index contributed by atoms with van der Waals surface area (Å²) in [6, 6.07) is 6.46. The number of hydrogen-bond donors (Lipinski definition) is 0. The molecule has 16 heavy (non-hydrogen) atoms. The molecule has 0 aliphatic heterocycles. The minimum atomic E-state index is -0.240. The summed E-state index contributed by atoms with van der Waals surface area (Å²) in [6.45, 7) is 1.91. The van der Waals surface area contributed by atoms with Crippen LogP contribution in [-0.2, 0) is 6.42 Å². The molecule has 0 amide bonds. The van der Waals surface area contributed by atoms with Gasteiger partial charge in [0.15, 0.2) is 0 Å². The third kappa shape index (κ3) is 2.55. The van der Waals surface area contributed by atoms with Crippen molar-refractivity contribution < 1.29 is 4.39 Å². The van der Waals surface area contributed by atoms with Crippen molar-refractivity contribution in [3.63, 3.8) is 0 Å². The first-order valence-electron chi connectivity index (χ1n) is 4.87. The highest BCUT2D eigenvalue weighted by atomic mass is 35.5. The summed E-state index contributed by atoms with van der Waals surface area (Å²) >= 11 is 5.72. The van der Waals surface area contributed by atoms with E-state index < -0.39 is 0 Å². The van der Waals surface area contributed by atoms with Gasteiger partial charge in [-0.25, -0.2) is 14.4 Å². The number of hydrogen-bond acceptors (Lipinski definition) is 2. The standard InChI is InChI=1S/C12H10ClFN2/c1-8-7-15-12(13)16-11(8)6-9-3-2-4-10(14)5-9/h2-5,7H,6H2,1H3. The largest absolute Gasteiger partial charge is 0.226 e. The van der Waals surface area contributed by atoms with E-state index in [1.165, 1.54) is 12.1 Å². The van der Waals surface area contributed by atoms with Gasteiger partial charge in [-0.1, -0.05) is 12.1 Å². The lowest BCUT2D eigenvalue weighted by atomic mass is 10.1. The van der Waals surface area contributed by atoms with E-state index >= 15 is 0 Å². The van der Waals surface area contributed by atoms with Crippen LogP contribution >= 0.6 is 11.6 Å². The molecule has 2 nitrogen and oxygen atoms in total. The van der Waals surface area contributed by atoms with Gasteiger partial charge in [-0.05, 0) is 41.8 Å². The van der Waals surface area contributed by atoms with Crippen molar-refractivity contribution in [1.82, 2.24) is 9.97 Å². The Kier molecular flexibility index (Phi) is 3.15. The fraction of sp³-hybridized carbons (Fsp3) is 0.167. The van der Waals surface area contributed by atoms with Crippen LogP contribution in [0.2, 0.25) is 5.28 Å². The van der Waals surface area contributed by atoms with Crippen LogP contribution < -0.4 is 0 Å². The zero-order valence-corrected chi connectivity index (χ0v) is 9.50. The molecule has 0 aliphatic carbocycles. The summed E-state index contributed by atoms with van der Waals surface area (Å²) in [5, 5.41) is 0.219. The topological polar surface area (TPSA) is 25.8 Å². The number of halogens is 2. The van der Waals surface area contributed by atoms with Crippen molar-refractivity contribution in [2.24, 2.45) is 0 Å². The van der Waals surface area contributed by atoms with Gasteiger partial charge in [0.1, 0.15) is 5.82 Å². The Balaban J connectivity index is 2.30. The van der Waals surface area contributed by atoms with Crippen LogP contribution in [0.4, 0.5) is 4.39 Å². The zero-order valence-electron chi connectivity index (χ0n) is 8.74. The van der Waals surface area contributed by atoms with Crippen LogP contribution in [0.5, 0.6) is 0 Å². The van der Waals surface area contributed by atoms with Gasteiger partial charge < -0.3 is 0 Å². The van der Waals surface area contributed by atoms with Crippen molar-refractivity contribution >= 4 is 11.6 Å². The summed E-state index contributed by atoms with van der Waals surface area (Å²) in [4.78, 5) is 8.01. The molecule has 0 bridgehead atoms. The summed E-state index contributed by atoms with van der Waals surface area (Å²) in [5.74, 6) is -0.240. The second kappa shape index (κ2) is 4.58. The number of benzene rings is 1. The lowest BCUT2D eigenvalue weighted by molar-refractivity contribution is 0.626. The SMILES string of the molecule is Cc1cnc(Cl)nc1Cc1cccc(F)c1. The molecule has 0 atom stereocenters. The van der Waals surface area contributed by atoms with Gasteiger partial charge in [-0.3, -0.25) is 0 Å². The quantitative estimate of drug-likeness (QED) is 0.749. The minimum Gasteiger partial charge on any atom is -0.226 e. The van der Waals surface area contributed by atoms with Crippen LogP contribution in [0.25, 0.3) is 0 Å². The second-order valence-corrected chi connectivity index (χ2v) is 3.91. The third-order valence-electron chi connectivity index (χ3n) is 2.31. The third-order valence-corrected chi connectivity index (χ3v) is 2.49. The van der Waals surface area contributed by atoms with Gasteiger partial charge in [0.25, 0.3) is 0 Å². The molecule has 2 aromatic rings. The van der Waals surface area contributed by atoms with Crippen LogP contribution in [-0.4, -0.2) is 9.97 Å². The average molecular weight is 237 g/mol. The van der Waals surface area contributed by atoms with Crippen molar-refractivity contribution in [2.45, 2.75) is 13.3 Å². The second-order valence-electron chi connectivity index (χ2n) is 3.58. The molecule has 2 rings (SSSR count). The van der Waals surface area contributed by atoms with Crippen LogP contribution in [0, 0.1) is 12.7 Å². The number of rotatable bonds is 2. The number of aromatic nitrogens is 2. The molecule has 0 N–H and O–H groups in total. The van der Waals surface area contributed by atoms with Crippen LogP contribution in [0.3, 0.4) is 0 Å². The lowest BCUT2D eigenvalue weighted by Gasteiger charge is -2.04. The molecular formula is C12H10ClFN2. The fourth-order valence-corrected chi connectivity index (χ4v) is 1.62. The van der Waals surface area contributed by atoms with Crippen molar-refractivity contribution in [1.29, 1.82) is 0 Å². The summed E-state index contributed by atoms with van der Waals surface area (Å²) in [5.41, 5.74) is 2.65. The molecule has 0 fully saturated rings. The van der Waals surface area contributed by atoms with E-state index in [1.54, 1.807) is 12.3 Å². The average Bonchev–Trinajstić information content (AvgIpc) is 2.24. The number of nitrogens with zero attached hydrogens (tertiary/aromatic N) is 2. The van der Waals surface area contributed by atoms with E-state index in [1.807, 2.05) is 13.0 Å². The van der Waals surface area contributed by atoms with Gasteiger partial charge in [-0.2, -0.15) is 0 Å². The maximum absolute atomic E-state index is 13.0. The Hall–Kier alpha value is -1.48. The van der Waals surface area contributed by atoms with Gasteiger partial charge in [0, 0.05) is 12.6 Å². The smallest absolute Gasteiger partial charge is 0.222 e. The highest BCUT2D eigenvalue weighted by Gasteiger charge is 2.04. The van der Waals surface area contributed by atoms with Gasteiger partial charge >= 0.3 is 0 Å². The first kappa shape index (κ1) is 11.0. The van der Waals surface area contributed by atoms with E-state index in [0.29, 0.717) is 6.42 Å². The molecule has 0 saturated heterocycles. The van der Waals surface area contributed by atoms with Crippen molar-refractivity contribution in [3.8, 4) is 0 Å². The van der Waals surface area contributed by atoms with Crippen molar-refractivity contribution in [2.75, 3.05) is 0 Å². The highest BCUT2D eigenvalue weighted by molar-refractivity contribution is 6.28. The molecule has 0 saturated carbocycles. The molecule has 0 spiro atoms. The van der Waals surface area contributed by atoms with Crippen molar-refractivity contribution in [3.05, 3.63) is 58.4 Å². The van der Waals surface area contributed by atoms with E-state index in [4.69, 9.17) is 11.6 Å². The van der Waals surface area contributed by atoms with Gasteiger partial charge in [-0.15, -0.1) is 0 Å². The van der Waals surface area contributed by atoms with E-state index in [2.05, 4.69) is 9.97 Å². The van der Waals surface area contributed by atoms with Gasteiger partial charge in [0.05, 0.1) is 5.69 Å². The predicted molar refractivity (Wildman–Crippen MR) is 61.0 cm³/mol. The minimum absolute atomic E-state index is 0.219. The predicted octanol–water partition coefficient (Wildman–Crippen LogP) is 3.17. The Morgan fingerprint density at radius 3 is 2.94 bits per heavy atom. The van der Waals surface area contributed by atoms with Gasteiger partial charge in [0.2, 0.25) is 5.28 Å². The van der Waals surface area contributed by atoms with Crippen LogP contribution in [0.1, 0.15) is 16.8 Å². The lowest BCUT2D eigenvalue weighted by Crippen LogP contribution is -1.98. The van der Waals surface area contributed by atoms with E-state index in [0.717, 1.165) is 16.8 Å². The zero-order chi connectivity index (χ0) is 11.5. The Morgan fingerprint density at radius 2 is 2.19 bits per heavy atom. The molecule has 82 valence electrons. The molecule has 1 aromatic carbocycles. The summed E-state index contributed by atoms with van der Waals surface area (Å²) < 4.78 is 13.0. The Bertz CT molecular complexity index is 514. The molecule has 1 heterocycles. The summed E-state index contributed by atoms with van der Waals surface area (Å²) in [6.07, 6.45) is 2.23. The molecule has 0 aliphatic rings. The van der Waals surface area contributed by atoms with Crippen LogP contribution in [0.15, 0.2) is 30.5 Å².